The number of thiazole rings is 1. The van der Waals surface area contributed by atoms with Gasteiger partial charge in [-0.3, -0.25) is 0 Å². The Hall–Kier alpha value is -2.41. The number of sulfonamides is 1. The van der Waals surface area contributed by atoms with Crippen molar-refractivity contribution in [1.29, 1.82) is 5.26 Å². The minimum Gasteiger partial charge on any atom is -0.360 e. The second-order valence-corrected chi connectivity index (χ2v) is 8.78. The molecule has 0 saturated carbocycles. The third kappa shape index (κ3) is 4.70. The number of anilines is 1. The van der Waals surface area contributed by atoms with Crippen molar-refractivity contribution < 1.29 is 8.42 Å². The highest BCUT2D eigenvalue weighted by atomic mass is 35.5. The molecule has 0 atom stereocenters. The lowest BCUT2D eigenvalue weighted by Gasteiger charge is -2.03. The number of hydrogen-bond acceptors (Lipinski definition) is 6. The molecular weight excluding hydrogens is 439 g/mol. The third-order valence-electron chi connectivity index (χ3n) is 3.64. The van der Waals surface area contributed by atoms with Crippen LogP contribution in [0, 0.1) is 11.3 Å². The largest absolute Gasteiger partial charge is 0.360 e. The summed E-state index contributed by atoms with van der Waals surface area (Å²) in [6, 6.07) is 13.1. The molecule has 142 valence electrons. The molecule has 0 spiro atoms. The van der Waals surface area contributed by atoms with Gasteiger partial charge in [0.25, 0.3) is 0 Å². The lowest BCUT2D eigenvalue weighted by molar-refractivity contribution is 0.598. The zero-order valence-corrected chi connectivity index (χ0v) is 17.2. The van der Waals surface area contributed by atoms with Crippen LogP contribution >= 0.6 is 34.5 Å². The van der Waals surface area contributed by atoms with Crippen molar-refractivity contribution >= 4 is 55.8 Å². The van der Waals surface area contributed by atoms with E-state index in [1.54, 1.807) is 30.3 Å². The molecular formula is C18H12Cl2N4O2S2. The number of halogens is 2. The van der Waals surface area contributed by atoms with Crippen molar-refractivity contribution in [3.8, 4) is 17.3 Å². The number of rotatable bonds is 5. The van der Waals surface area contributed by atoms with Crippen LogP contribution < -0.4 is 10.5 Å². The van der Waals surface area contributed by atoms with E-state index < -0.39 is 10.0 Å². The van der Waals surface area contributed by atoms with Gasteiger partial charge in [0.05, 0.1) is 20.6 Å². The van der Waals surface area contributed by atoms with Gasteiger partial charge in [0.2, 0.25) is 10.0 Å². The first-order valence-corrected chi connectivity index (χ1v) is 10.9. The molecule has 3 N–H and O–H groups in total. The highest BCUT2D eigenvalue weighted by Gasteiger charge is 2.11. The first-order valence-electron chi connectivity index (χ1n) is 7.69. The molecule has 10 heteroatoms. The molecule has 0 aliphatic rings. The van der Waals surface area contributed by atoms with Crippen LogP contribution in [-0.4, -0.2) is 13.4 Å². The number of benzene rings is 2. The first kappa shape index (κ1) is 20.3. The Morgan fingerprint density at radius 3 is 2.50 bits per heavy atom. The quantitative estimate of drug-likeness (QED) is 0.545. The minimum absolute atomic E-state index is 0.00808. The maximum absolute atomic E-state index is 11.3. The Morgan fingerprint density at radius 1 is 1.18 bits per heavy atom. The van der Waals surface area contributed by atoms with Crippen molar-refractivity contribution in [1.82, 2.24) is 4.98 Å². The van der Waals surface area contributed by atoms with Crippen molar-refractivity contribution in [2.75, 3.05) is 5.32 Å². The fourth-order valence-electron chi connectivity index (χ4n) is 2.22. The van der Waals surface area contributed by atoms with Gasteiger partial charge in [0.1, 0.15) is 16.6 Å². The van der Waals surface area contributed by atoms with Crippen LogP contribution in [-0.2, 0) is 10.0 Å². The number of primary sulfonamides is 1. The van der Waals surface area contributed by atoms with Gasteiger partial charge < -0.3 is 5.32 Å². The molecule has 0 unspecified atom stereocenters. The number of nitrogens with two attached hydrogens (primary N) is 1. The van der Waals surface area contributed by atoms with E-state index in [4.69, 9.17) is 28.3 Å². The van der Waals surface area contributed by atoms with Crippen LogP contribution in [0.1, 0.15) is 5.01 Å². The monoisotopic (exact) mass is 450 g/mol. The normalized spacial score (nSPS) is 11.9. The summed E-state index contributed by atoms with van der Waals surface area (Å²) in [4.78, 5) is 4.48. The Kier molecular flexibility index (Phi) is 6.03. The predicted octanol–water partition coefficient (Wildman–Crippen LogP) is 4.74. The molecule has 28 heavy (non-hydrogen) atoms. The number of hydrogen-bond donors (Lipinski definition) is 2. The van der Waals surface area contributed by atoms with Crippen LogP contribution in [0.5, 0.6) is 0 Å². The van der Waals surface area contributed by atoms with Gasteiger partial charge in [-0.25, -0.2) is 18.5 Å². The zero-order chi connectivity index (χ0) is 20.3. The Morgan fingerprint density at radius 2 is 1.89 bits per heavy atom. The van der Waals surface area contributed by atoms with Crippen LogP contribution in [0.2, 0.25) is 10.0 Å². The smallest absolute Gasteiger partial charge is 0.238 e. The molecule has 2 aromatic carbocycles. The lowest BCUT2D eigenvalue weighted by atomic mass is 10.2. The Bertz CT molecular complexity index is 1200. The number of allylic oxidation sites excluding steroid dienone is 1. The van der Waals surface area contributed by atoms with Crippen LogP contribution in [0.3, 0.4) is 0 Å². The van der Waals surface area contributed by atoms with Crippen molar-refractivity contribution in [3.63, 3.8) is 0 Å². The van der Waals surface area contributed by atoms with E-state index in [2.05, 4.69) is 16.4 Å². The topological polar surface area (TPSA) is 109 Å². The fourth-order valence-corrected chi connectivity index (χ4v) is 3.83. The van der Waals surface area contributed by atoms with Crippen molar-refractivity contribution in [2.45, 2.75) is 4.90 Å². The molecule has 1 aromatic heterocycles. The molecule has 3 rings (SSSR count). The standard InChI is InChI=1S/C18H12Cl2N4O2S2/c19-15-6-1-11(7-16(15)20)17-10-27-18(24-17)12(8-21)9-23-13-2-4-14(5-3-13)28(22,25)26/h1-7,9-10,23H,(H2,22,25,26)/b12-9-. The second kappa shape index (κ2) is 8.31. The van der Waals surface area contributed by atoms with Crippen LogP contribution in [0.4, 0.5) is 5.69 Å². The molecule has 0 aliphatic heterocycles. The minimum atomic E-state index is -3.75. The number of nitrogens with zero attached hydrogens (tertiary/aromatic N) is 2. The highest BCUT2D eigenvalue weighted by Crippen LogP contribution is 2.30. The Balaban J connectivity index is 1.81. The van der Waals surface area contributed by atoms with E-state index >= 15 is 0 Å². The summed E-state index contributed by atoms with van der Waals surface area (Å²) in [5, 5.41) is 20.7. The van der Waals surface area contributed by atoms with Crippen LogP contribution in [0.25, 0.3) is 16.8 Å². The molecule has 0 aliphatic carbocycles. The average molecular weight is 451 g/mol. The number of aromatic nitrogens is 1. The van der Waals surface area contributed by atoms with Gasteiger partial charge >= 0.3 is 0 Å². The molecule has 0 bridgehead atoms. The zero-order valence-electron chi connectivity index (χ0n) is 14.1. The van der Waals surface area contributed by atoms with E-state index in [0.717, 1.165) is 5.56 Å². The van der Waals surface area contributed by atoms with E-state index in [-0.39, 0.29) is 4.90 Å². The summed E-state index contributed by atoms with van der Waals surface area (Å²) in [5.41, 5.74) is 2.39. The molecule has 0 amide bonds. The molecule has 3 aromatic rings. The van der Waals surface area contributed by atoms with Gasteiger partial charge in [-0.05, 0) is 36.4 Å². The van der Waals surface area contributed by atoms with Gasteiger partial charge in [-0.15, -0.1) is 11.3 Å². The SMILES string of the molecule is N#C/C(=C/Nc1ccc(S(N)(=O)=O)cc1)c1nc(-c2ccc(Cl)c(Cl)c2)cs1. The van der Waals surface area contributed by atoms with Crippen molar-refractivity contribution in [3.05, 3.63) is 69.1 Å². The highest BCUT2D eigenvalue weighted by molar-refractivity contribution is 7.89. The van der Waals surface area contributed by atoms with E-state index in [0.29, 0.717) is 32.0 Å². The molecule has 0 radical (unpaired) electrons. The van der Waals surface area contributed by atoms with Gasteiger partial charge in [-0.1, -0.05) is 29.3 Å². The summed E-state index contributed by atoms with van der Waals surface area (Å²) in [7, 11) is -3.75. The maximum Gasteiger partial charge on any atom is 0.238 e. The second-order valence-electron chi connectivity index (χ2n) is 5.55. The molecule has 0 fully saturated rings. The number of nitrogens with one attached hydrogen (secondary N) is 1. The van der Waals surface area contributed by atoms with Gasteiger partial charge in [0.15, 0.2) is 0 Å². The summed E-state index contributed by atoms with van der Waals surface area (Å²) < 4.78 is 22.6. The van der Waals surface area contributed by atoms with E-state index in [1.165, 1.54) is 29.7 Å². The summed E-state index contributed by atoms with van der Waals surface area (Å²) in [6.07, 6.45) is 1.50. The van der Waals surface area contributed by atoms with Crippen molar-refractivity contribution in [2.24, 2.45) is 5.14 Å². The average Bonchev–Trinajstić information content (AvgIpc) is 3.14. The fraction of sp³-hybridized carbons (Fsp3) is 0. The van der Waals surface area contributed by atoms with Gasteiger partial charge in [-0.2, -0.15) is 5.26 Å². The predicted molar refractivity (Wildman–Crippen MR) is 113 cm³/mol. The molecule has 6 nitrogen and oxygen atoms in total. The first-order chi connectivity index (χ1) is 13.3. The van der Waals surface area contributed by atoms with E-state index in [1.807, 2.05) is 5.38 Å². The molecule has 0 saturated heterocycles. The molecule has 1 heterocycles. The summed E-state index contributed by atoms with van der Waals surface area (Å²) in [6.45, 7) is 0. The third-order valence-corrected chi connectivity index (χ3v) is 6.18. The summed E-state index contributed by atoms with van der Waals surface area (Å²) in [5.74, 6) is 0. The Labute approximate surface area is 175 Å². The van der Waals surface area contributed by atoms with Crippen LogP contribution in [0.15, 0.2) is 58.9 Å². The van der Waals surface area contributed by atoms with E-state index in [9.17, 15) is 13.7 Å². The maximum atomic E-state index is 11.3. The summed E-state index contributed by atoms with van der Waals surface area (Å²) >= 11 is 13.3. The number of nitriles is 1. The van der Waals surface area contributed by atoms with Gasteiger partial charge in [0, 0.05) is 22.8 Å². The lowest BCUT2D eigenvalue weighted by Crippen LogP contribution is -2.11.